The Bertz CT molecular complexity index is 318. The first-order chi connectivity index (χ1) is 8.62. The van der Waals surface area contributed by atoms with E-state index in [9.17, 15) is 5.26 Å². The topological polar surface area (TPSA) is 39.1 Å². The summed E-state index contributed by atoms with van der Waals surface area (Å²) < 4.78 is 0. The maximum atomic E-state index is 9.47. The normalized spacial score (nSPS) is 33.6. The number of nitrogens with zero attached hydrogens (tertiary/aromatic N) is 2. The Kier molecular flexibility index (Phi) is 4.29. The number of hydrogen-bond donors (Lipinski definition) is 1. The first-order valence-electron chi connectivity index (χ1n) is 7.50. The summed E-state index contributed by atoms with van der Waals surface area (Å²) in [6.07, 6.45) is 7.07. The first kappa shape index (κ1) is 13.8. The summed E-state index contributed by atoms with van der Waals surface area (Å²) in [6, 6.07) is 3.82. The first-order valence-corrected chi connectivity index (χ1v) is 7.50. The second-order valence-electron chi connectivity index (χ2n) is 6.26. The molecule has 0 bridgehead atoms. The average Bonchev–Trinajstić information content (AvgIpc) is 3.15. The second-order valence-corrected chi connectivity index (χ2v) is 6.26. The highest BCUT2D eigenvalue weighted by molar-refractivity contribution is 5.13. The SMILES string of the molecule is CCCNC1(C#N)CCC(N(C)C(C)C2CC2)C1. The molecule has 3 unspecified atom stereocenters. The van der Waals surface area contributed by atoms with Crippen molar-refractivity contribution in [1.82, 2.24) is 10.2 Å². The summed E-state index contributed by atoms with van der Waals surface area (Å²) in [4.78, 5) is 2.53. The van der Waals surface area contributed by atoms with E-state index in [1.807, 2.05) is 0 Å². The zero-order valence-electron chi connectivity index (χ0n) is 12.1. The van der Waals surface area contributed by atoms with E-state index < -0.39 is 0 Å². The lowest BCUT2D eigenvalue weighted by Crippen LogP contribution is -2.45. The molecule has 0 aromatic rings. The molecule has 0 aliphatic heterocycles. The van der Waals surface area contributed by atoms with Gasteiger partial charge in [0.15, 0.2) is 0 Å². The van der Waals surface area contributed by atoms with Crippen LogP contribution in [0, 0.1) is 17.2 Å². The lowest BCUT2D eigenvalue weighted by atomic mass is 9.98. The zero-order valence-corrected chi connectivity index (χ0v) is 12.1. The number of nitrogens with one attached hydrogen (secondary N) is 1. The average molecular weight is 249 g/mol. The van der Waals surface area contributed by atoms with Crippen molar-refractivity contribution < 1.29 is 0 Å². The van der Waals surface area contributed by atoms with Crippen molar-refractivity contribution in [3.63, 3.8) is 0 Å². The highest BCUT2D eigenvalue weighted by atomic mass is 15.2. The van der Waals surface area contributed by atoms with Gasteiger partial charge in [0, 0.05) is 12.1 Å². The third kappa shape index (κ3) is 2.87. The van der Waals surface area contributed by atoms with Gasteiger partial charge in [0.1, 0.15) is 5.54 Å². The van der Waals surface area contributed by atoms with Crippen molar-refractivity contribution in [2.24, 2.45) is 5.92 Å². The van der Waals surface area contributed by atoms with Crippen molar-refractivity contribution in [2.75, 3.05) is 13.6 Å². The van der Waals surface area contributed by atoms with Crippen LogP contribution in [0.2, 0.25) is 0 Å². The molecule has 0 radical (unpaired) electrons. The second kappa shape index (κ2) is 5.59. The molecule has 2 aliphatic rings. The fourth-order valence-corrected chi connectivity index (χ4v) is 3.28. The minimum Gasteiger partial charge on any atom is -0.300 e. The smallest absolute Gasteiger partial charge is 0.108 e. The van der Waals surface area contributed by atoms with Crippen LogP contribution >= 0.6 is 0 Å². The maximum absolute atomic E-state index is 9.47. The van der Waals surface area contributed by atoms with Gasteiger partial charge in [0.05, 0.1) is 6.07 Å². The number of nitriles is 1. The number of hydrogen-bond acceptors (Lipinski definition) is 3. The molecule has 18 heavy (non-hydrogen) atoms. The van der Waals surface area contributed by atoms with Crippen LogP contribution in [-0.4, -0.2) is 36.1 Å². The van der Waals surface area contributed by atoms with Gasteiger partial charge in [-0.05, 0) is 65.0 Å². The van der Waals surface area contributed by atoms with Crippen LogP contribution in [0.5, 0.6) is 0 Å². The number of rotatable bonds is 6. The molecular weight excluding hydrogens is 222 g/mol. The minimum absolute atomic E-state index is 0.252. The fourth-order valence-electron chi connectivity index (χ4n) is 3.28. The molecule has 3 nitrogen and oxygen atoms in total. The molecular formula is C15H27N3. The van der Waals surface area contributed by atoms with Gasteiger partial charge in [-0.15, -0.1) is 0 Å². The Hall–Kier alpha value is -0.590. The monoisotopic (exact) mass is 249 g/mol. The lowest BCUT2D eigenvalue weighted by molar-refractivity contribution is 0.164. The van der Waals surface area contributed by atoms with E-state index in [1.165, 1.54) is 12.8 Å². The van der Waals surface area contributed by atoms with Gasteiger partial charge < -0.3 is 4.90 Å². The maximum Gasteiger partial charge on any atom is 0.108 e. The van der Waals surface area contributed by atoms with E-state index in [4.69, 9.17) is 0 Å². The largest absolute Gasteiger partial charge is 0.300 e. The van der Waals surface area contributed by atoms with Crippen LogP contribution in [0.15, 0.2) is 0 Å². The third-order valence-corrected chi connectivity index (χ3v) is 4.94. The van der Waals surface area contributed by atoms with Crippen molar-refractivity contribution >= 4 is 0 Å². The van der Waals surface area contributed by atoms with Crippen molar-refractivity contribution in [3.05, 3.63) is 0 Å². The van der Waals surface area contributed by atoms with Gasteiger partial charge in [0.25, 0.3) is 0 Å². The van der Waals surface area contributed by atoms with Crippen LogP contribution in [0.3, 0.4) is 0 Å². The molecule has 2 rings (SSSR count). The summed E-state index contributed by atoms with van der Waals surface area (Å²) in [7, 11) is 2.25. The lowest BCUT2D eigenvalue weighted by Gasteiger charge is -2.32. The van der Waals surface area contributed by atoms with Gasteiger partial charge in [0.2, 0.25) is 0 Å². The Morgan fingerprint density at radius 2 is 2.17 bits per heavy atom. The molecule has 0 amide bonds. The van der Waals surface area contributed by atoms with Gasteiger partial charge in [-0.25, -0.2) is 0 Å². The molecule has 0 spiro atoms. The molecule has 0 saturated heterocycles. The van der Waals surface area contributed by atoms with Crippen LogP contribution in [0.1, 0.15) is 52.4 Å². The molecule has 3 heteroatoms. The molecule has 0 heterocycles. The van der Waals surface area contributed by atoms with E-state index in [2.05, 4.69) is 37.2 Å². The van der Waals surface area contributed by atoms with Gasteiger partial charge in [-0.3, -0.25) is 5.32 Å². The van der Waals surface area contributed by atoms with E-state index in [-0.39, 0.29) is 5.54 Å². The quantitative estimate of drug-likeness (QED) is 0.786. The zero-order chi connectivity index (χ0) is 13.2. The highest BCUT2D eigenvalue weighted by Crippen LogP contribution is 2.39. The van der Waals surface area contributed by atoms with E-state index in [0.717, 1.165) is 38.1 Å². The van der Waals surface area contributed by atoms with Crippen LogP contribution in [0.4, 0.5) is 0 Å². The van der Waals surface area contributed by atoms with Crippen molar-refractivity contribution in [3.8, 4) is 6.07 Å². The Morgan fingerprint density at radius 1 is 1.44 bits per heavy atom. The Labute approximate surface area is 112 Å². The van der Waals surface area contributed by atoms with Crippen LogP contribution in [0.25, 0.3) is 0 Å². The Morgan fingerprint density at radius 3 is 2.72 bits per heavy atom. The molecule has 2 aliphatic carbocycles. The summed E-state index contributed by atoms with van der Waals surface area (Å²) in [6.45, 7) is 5.47. The summed E-state index contributed by atoms with van der Waals surface area (Å²) in [5.74, 6) is 0.913. The molecule has 3 atom stereocenters. The van der Waals surface area contributed by atoms with Crippen molar-refractivity contribution in [2.45, 2.75) is 70.0 Å². The van der Waals surface area contributed by atoms with E-state index >= 15 is 0 Å². The predicted octanol–water partition coefficient (Wildman–Crippen LogP) is 2.53. The van der Waals surface area contributed by atoms with E-state index in [1.54, 1.807) is 0 Å². The van der Waals surface area contributed by atoms with Gasteiger partial charge >= 0.3 is 0 Å². The van der Waals surface area contributed by atoms with Crippen LogP contribution in [-0.2, 0) is 0 Å². The molecule has 2 saturated carbocycles. The third-order valence-electron chi connectivity index (χ3n) is 4.94. The predicted molar refractivity (Wildman–Crippen MR) is 74.2 cm³/mol. The summed E-state index contributed by atoms with van der Waals surface area (Å²) >= 11 is 0. The summed E-state index contributed by atoms with van der Waals surface area (Å²) in [5.41, 5.74) is -0.252. The summed E-state index contributed by atoms with van der Waals surface area (Å²) in [5, 5.41) is 12.9. The fraction of sp³-hybridized carbons (Fsp3) is 0.933. The van der Waals surface area contributed by atoms with E-state index in [0.29, 0.717) is 12.1 Å². The van der Waals surface area contributed by atoms with Crippen LogP contribution < -0.4 is 5.32 Å². The molecule has 2 fully saturated rings. The van der Waals surface area contributed by atoms with Gasteiger partial charge in [-0.1, -0.05) is 6.92 Å². The van der Waals surface area contributed by atoms with Gasteiger partial charge in [-0.2, -0.15) is 5.26 Å². The molecule has 0 aromatic heterocycles. The Balaban J connectivity index is 1.91. The molecule has 102 valence electrons. The highest BCUT2D eigenvalue weighted by Gasteiger charge is 2.43. The molecule has 0 aromatic carbocycles. The standard InChI is InChI=1S/C15H27N3/c1-4-9-17-15(11-16)8-7-14(10-15)18(3)12(2)13-5-6-13/h12-14,17H,4-10H2,1-3H3. The molecule has 1 N–H and O–H groups in total. The van der Waals surface area contributed by atoms with Crippen molar-refractivity contribution in [1.29, 1.82) is 5.26 Å². The minimum atomic E-state index is -0.252.